The Hall–Kier alpha value is -6.12. The zero-order valence-corrected chi connectivity index (χ0v) is 43.8. The van der Waals surface area contributed by atoms with Crippen molar-refractivity contribution < 1.29 is 72.9 Å². The van der Waals surface area contributed by atoms with Crippen LogP contribution in [0.25, 0.3) is 0 Å². The molecule has 9 atom stereocenters. The molecule has 1 saturated heterocycles. The van der Waals surface area contributed by atoms with Crippen LogP contribution in [0.15, 0.2) is 4.99 Å². The van der Waals surface area contributed by atoms with E-state index in [1.54, 1.807) is 6.26 Å². The lowest BCUT2D eigenvalue weighted by molar-refractivity contribution is -0.146. The third kappa shape index (κ3) is 24.7. The fourth-order valence-electron chi connectivity index (χ4n) is 7.03. The lowest BCUT2D eigenvalue weighted by atomic mass is 10.0. The number of carbonyl (C=O) groups is 12. The second-order valence-electron chi connectivity index (χ2n) is 16.9. The number of carboxylic acid groups (broad SMARTS) is 3. The van der Waals surface area contributed by atoms with Crippen molar-refractivity contribution in [1.29, 1.82) is 0 Å². The molecule has 0 unspecified atom stereocenters. The van der Waals surface area contributed by atoms with Crippen LogP contribution >= 0.6 is 37.0 Å². The predicted molar refractivity (Wildman–Crippen MR) is 275 cm³/mol. The number of carbonyl (C=O) groups excluding carboxylic acids is 9. The highest BCUT2D eigenvalue weighted by molar-refractivity contribution is 7.98. The van der Waals surface area contributed by atoms with Crippen LogP contribution in [0.4, 0.5) is 0 Å². The summed E-state index contributed by atoms with van der Waals surface area (Å²) in [5.41, 5.74) is 22.3. The summed E-state index contributed by atoms with van der Waals surface area (Å²) in [7, 11) is 0. The smallest absolute Gasteiger partial charge is 0.327 e. The van der Waals surface area contributed by atoms with Crippen molar-refractivity contribution >= 4 is 114 Å². The largest absolute Gasteiger partial charge is 0.481 e. The molecule has 418 valence electrons. The van der Waals surface area contributed by atoms with Gasteiger partial charge in [-0.05, 0) is 83.3 Å². The zero-order valence-electron chi connectivity index (χ0n) is 41.2. The van der Waals surface area contributed by atoms with Crippen LogP contribution in [0.5, 0.6) is 0 Å². The van der Waals surface area contributed by atoms with E-state index < -0.39 is 151 Å². The van der Waals surface area contributed by atoms with E-state index in [1.165, 1.54) is 18.7 Å². The second kappa shape index (κ2) is 35.1. The SMILES string of the molecule is CSCC[C@H](NC(=O)[C@H](CCCN=C(N)N)NC(=O)[C@@H](N)CS)C(=O)N[C@@H](CCCCN)C(=O)N[C@@H](CC(=O)O)C(=O)N1CCC[C@H]1C(=O)N[C@@H](C)C(=O)NCC(=O)N[C@@H](CCC(=O)O)C(=O)N[C@@H](CS)C(=O)O. The Morgan fingerprint density at radius 1 is 0.676 bits per heavy atom. The van der Waals surface area contributed by atoms with Gasteiger partial charge in [0.25, 0.3) is 0 Å². The van der Waals surface area contributed by atoms with E-state index in [2.05, 4.69) is 72.8 Å². The number of aliphatic carboxylic acids is 3. The first-order chi connectivity index (χ1) is 34.9. The highest BCUT2D eigenvalue weighted by Crippen LogP contribution is 2.20. The van der Waals surface area contributed by atoms with Crippen molar-refractivity contribution in [2.24, 2.45) is 27.9 Å². The fraction of sp³-hybridized carbons (Fsp3) is 0.690. The normalized spacial score (nSPS) is 16.2. The summed E-state index contributed by atoms with van der Waals surface area (Å²) < 4.78 is 0. The minimum Gasteiger partial charge on any atom is -0.481 e. The molecule has 9 amide bonds. The van der Waals surface area contributed by atoms with Crippen molar-refractivity contribution in [3.05, 3.63) is 0 Å². The molecule has 1 aliphatic heterocycles. The number of nitrogens with two attached hydrogens (primary N) is 4. The minimum absolute atomic E-state index is 0.0318. The van der Waals surface area contributed by atoms with Crippen LogP contribution in [-0.4, -0.2) is 201 Å². The van der Waals surface area contributed by atoms with Gasteiger partial charge in [-0.3, -0.25) is 57.7 Å². The van der Waals surface area contributed by atoms with Crippen LogP contribution < -0.4 is 65.5 Å². The number of nitrogens with one attached hydrogen (secondary N) is 8. The molecule has 0 saturated carbocycles. The second-order valence-corrected chi connectivity index (χ2v) is 18.6. The Bertz CT molecular complexity index is 2000. The first-order valence-electron chi connectivity index (χ1n) is 23.5. The molecule has 1 fully saturated rings. The topological polar surface area (TPSA) is 481 Å². The number of nitrogens with zero attached hydrogens (tertiary/aromatic N) is 2. The average molecular weight is 1110 g/mol. The molecule has 0 radical (unpaired) electrons. The number of likely N-dealkylation sites (tertiary alicyclic amines) is 1. The molecule has 0 aromatic rings. The number of aliphatic imine (C=N–C) groups is 1. The summed E-state index contributed by atoms with van der Waals surface area (Å²) in [4.78, 5) is 160. The van der Waals surface area contributed by atoms with Gasteiger partial charge < -0.3 is 85.7 Å². The predicted octanol–water partition coefficient (Wildman–Crippen LogP) is -5.95. The van der Waals surface area contributed by atoms with Gasteiger partial charge in [0.05, 0.1) is 19.0 Å². The molecule has 1 aliphatic rings. The molecule has 0 aliphatic carbocycles. The first-order valence-corrected chi connectivity index (χ1v) is 26.1. The number of hydrogen-bond donors (Lipinski definition) is 17. The van der Waals surface area contributed by atoms with Crippen LogP contribution in [0.3, 0.4) is 0 Å². The third-order valence-corrected chi connectivity index (χ3v) is 12.4. The maximum Gasteiger partial charge on any atom is 0.327 e. The summed E-state index contributed by atoms with van der Waals surface area (Å²) in [6.45, 7) is 0.733. The lowest BCUT2D eigenvalue weighted by Gasteiger charge is -2.30. The molecule has 0 spiro atoms. The Balaban J connectivity index is 3.23. The molecular formula is C42H72N14O15S3. The number of thioether (sulfide) groups is 1. The fourth-order valence-corrected chi connectivity index (χ4v) is 7.92. The van der Waals surface area contributed by atoms with E-state index in [0.717, 1.165) is 4.90 Å². The standard InChI is InChI=1S/C42H72N14O15S3/c1-21(33(62)48-18-30(57)50-25(10-11-31(58)59)37(66)55-28(20-73)41(70)71)49-39(68)29-9-6-15-56(29)40(69)27(17-32(60)61)54-36(65)23(7-3-4-13-43)52-38(67)26(12-16-74-2)53-35(64)24(8-5-14-47-42(45)46)51-34(63)22(44)19-72/h21-29,72-73H,3-20,43-44H2,1-2H3,(H,48,62)(H,49,68)(H,50,57)(H,51,63)(H,52,67)(H,53,64)(H,54,65)(H,55,66)(H,58,59)(H,60,61)(H,70,71)(H4,45,46,47)/t21-,22-,23-,24-,25-,26-,27-,28-,29-/m0/s1. The van der Waals surface area contributed by atoms with Gasteiger partial charge in [-0.15, -0.1) is 0 Å². The number of thiol groups is 2. The first kappa shape index (κ1) is 65.9. The number of rotatable bonds is 36. The molecule has 0 bridgehead atoms. The highest BCUT2D eigenvalue weighted by atomic mass is 32.2. The maximum atomic E-state index is 14.1. The monoisotopic (exact) mass is 1110 g/mol. The molecule has 0 aromatic carbocycles. The van der Waals surface area contributed by atoms with Crippen molar-refractivity contribution in [2.45, 2.75) is 132 Å². The molecule has 74 heavy (non-hydrogen) atoms. The molecule has 29 nitrogen and oxygen atoms in total. The van der Waals surface area contributed by atoms with E-state index >= 15 is 0 Å². The summed E-state index contributed by atoms with van der Waals surface area (Å²) in [5, 5.41) is 47.4. The summed E-state index contributed by atoms with van der Waals surface area (Å²) >= 11 is 9.23. The summed E-state index contributed by atoms with van der Waals surface area (Å²) in [6.07, 6.45) is 1.05. The Labute approximate surface area is 442 Å². The molecule has 1 rings (SSSR count). The number of amides is 9. The van der Waals surface area contributed by atoms with Crippen LogP contribution in [-0.2, 0) is 57.5 Å². The van der Waals surface area contributed by atoms with E-state index in [0.29, 0.717) is 12.2 Å². The molecular weight excluding hydrogens is 1040 g/mol. The molecule has 0 aromatic heterocycles. The zero-order chi connectivity index (χ0) is 56.1. The van der Waals surface area contributed by atoms with Gasteiger partial charge in [-0.2, -0.15) is 37.0 Å². The molecule has 19 N–H and O–H groups in total. The van der Waals surface area contributed by atoms with Crippen LogP contribution in [0.2, 0.25) is 0 Å². The van der Waals surface area contributed by atoms with E-state index in [-0.39, 0.29) is 82.0 Å². The lowest BCUT2D eigenvalue weighted by Crippen LogP contribution is -2.60. The quantitative estimate of drug-likeness (QED) is 0.0120. The van der Waals surface area contributed by atoms with Crippen molar-refractivity contribution in [2.75, 3.05) is 49.7 Å². The van der Waals surface area contributed by atoms with Crippen LogP contribution in [0.1, 0.15) is 77.6 Å². The Kier molecular flexibility index (Phi) is 31.3. The maximum absolute atomic E-state index is 14.1. The Morgan fingerprint density at radius 3 is 1.73 bits per heavy atom. The molecule has 32 heteroatoms. The van der Waals surface area contributed by atoms with E-state index in [4.69, 9.17) is 28.0 Å². The summed E-state index contributed by atoms with van der Waals surface area (Å²) in [5.74, 6) is -12.4. The number of guanidine groups is 1. The van der Waals surface area contributed by atoms with E-state index in [9.17, 15) is 67.7 Å². The van der Waals surface area contributed by atoms with Crippen molar-refractivity contribution in [3.63, 3.8) is 0 Å². The van der Waals surface area contributed by atoms with Crippen LogP contribution in [0, 0.1) is 0 Å². The summed E-state index contributed by atoms with van der Waals surface area (Å²) in [6, 6.07) is -12.3. The van der Waals surface area contributed by atoms with Gasteiger partial charge in [-0.25, -0.2) is 4.79 Å². The minimum atomic E-state index is -1.77. The average Bonchev–Trinajstić information content (AvgIpc) is 3.84. The van der Waals surface area contributed by atoms with Crippen molar-refractivity contribution in [1.82, 2.24) is 47.4 Å². The molecule has 1 heterocycles. The van der Waals surface area contributed by atoms with Gasteiger partial charge >= 0.3 is 17.9 Å². The van der Waals surface area contributed by atoms with Gasteiger partial charge in [0.2, 0.25) is 53.2 Å². The van der Waals surface area contributed by atoms with Gasteiger partial charge in [0, 0.05) is 31.0 Å². The number of unbranched alkanes of at least 4 members (excludes halogenated alkanes) is 1. The van der Waals surface area contributed by atoms with Crippen molar-refractivity contribution in [3.8, 4) is 0 Å². The van der Waals surface area contributed by atoms with E-state index in [1.807, 2.05) is 0 Å². The number of carboxylic acids is 3. The van der Waals surface area contributed by atoms with Gasteiger partial charge in [0.1, 0.15) is 48.3 Å². The third-order valence-electron chi connectivity index (χ3n) is 11.0. The van der Waals surface area contributed by atoms with Gasteiger partial charge in [0.15, 0.2) is 5.96 Å². The highest BCUT2D eigenvalue weighted by Gasteiger charge is 2.40. The Morgan fingerprint density at radius 2 is 1.22 bits per heavy atom. The van der Waals surface area contributed by atoms with Gasteiger partial charge in [-0.1, -0.05) is 0 Å². The number of hydrogen-bond acceptors (Lipinski definition) is 18.